The molecule has 218 valence electrons. The highest BCUT2D eigenvalue weighted by Gasteiger charge is 2.25. The minimum Gasteiger partial charge on any atom is -0.444 e. The Hall–Kier alpha value is -4.45. The number of para-hydroxylation sites is 1. The molecule has 3 heterocycles. The lowest BCUT2D eigenvalue weighted by Gasteiger charge is -2.19. The van der Waals surface area contributed by atoms with Gasteiger partial charge in [0.15, 0.2) is 0 Å². The van der Waals surface area contributed by atoms with Crippen LogP contribution in [0.25, 0.3) is 11.0 Å². The van der Waals surface area contributed by atoms with E-state index in [4.69, 9.17) is 20.2 Å². The lowest BCUT2D eigenvalue weighted by atomic mass is 10.0. The van der Waals surface area contributed by atoms with Crippen LogP contribution in [0.2, 0.25) is 0 Å². The summed E-state index contributed by atoms with van der Waals surface area (Å²) in [5.41, 5.74) is 7.65. The number of rotatable bonds is 12. The summed E-state index contributed by atoms with van der Waals surface area (Å²) >= 11 is 0. The van der Waals surface area contributed by atoms with Gasteiger partial charge in [0.1, 0.15) is 23.7 Å². The van der Waals surface area contributed by atoms with Crippen LogP contribution < -0.4 is 21.9 Å². The van der Waals surface area contributed by atoms with E-state index < -0.39 is 35.6 Å². The van der Waals surface area contributed by atoms with E-state index in [1.807, 2.05) is 12.1 Å². The summed E-state index contributed by atoms with van der Waals surface area (Å²) in [5.74, 6) is -0.139. The van der Waals surface area contributed by atoms with Crippen molar-refractivity contribution in [2.24, 2.45) is 11.7 Å². The second-order valence-corrected chi connectivity index (χ2v) is 10.4. The molecule has 1 aromatic carbocycles. The van der Waals surface area contributed by atoms with Crippen LogP contribution in [0.5, 0.6) is 0 Å². The summed E-state index contributed by atoms with van der Waals surface area (Å²) in [6.07, 6.45) is 5.02. The predicted molar refractivity (Wildman–Crippen MR) is 153 cm³/mol. The van der Waals surface area contributed by atoms with Gasteiger partial charge in [0, 0.05) is 12.6 Å². The topological polar surface area (TPSA) is 170 Å². The Bertz CT molecular complexity index is 1470. The summed E-state index contributed by atoms with van der Waals surface area (Å²) in [4.78, 5) is 57.9. The first-order valence-corrected chi connectivity index (χ1v) is 13.7. The molecule has 3 amide bonds. The van der Waals surface area contributed by atoms with E-state index >= 15 is 0 Å². The fourth-order valence-electron chi connectivity index (χ4n) is 4.62. The van der Waals surface area contributed by atoms with Crippen molar-refractivity contribution in [2.45, 2.75) is 58.2 Å². The number of fused-ring (bicyclic) bond motifs is 1. The second kappa shape index (κ2) is 13.8. The van der Waals surface area contributed by atoms with Crippen LogP contribution in [0, 0.1) is 5.92 Å². The molecular formula is C29H36N6O6. The lowest BCUT2D eigenvalue weighted by molar-refractivity contribution is -0.118. The van der Waals surface area contributed by atoms with Gasteiger partial charge in [-0.05, 0) is 55.0 Å². The third-order valence-corrected chi connectivity index (χ3v) is 6.55. The average Bonchev–Trinajstić information content (AvgIpc) is 3.57. The first-order chi connectivity index (χ1) is 19.7. The zero-order valence-electron chi connectivity index (χ0n) is 23.2. The number of carbonyl (C=O) groups is 3. The summed E-state index contributed by atoms with van der Waals surface area (Å²) in [7, 11) is 0. The number of primary amides is 1. The van der Waals surface area contributed by atoms with Gasteiger partial charge in [-0.2, -0.15) is 0 Å². The number of amides is 3. The number of alkyl carbamates (subject to hydrolysis) is 1. The minimum atomic E-state index is -1.04. The highest BCUT2D eigenvalue weighted by Crippen LogP contribution is 2.20. The number of nitrogens with one attached hydrogen (secondary N) is 3. The third kappa shape index (κ3) is 8.27. The second-order valence-electron chi connectivity index (χ2n) is 10.4. The van der Waals surface area contributed by atoms with Gasteiger partial charge >= 0.3 is 6.09 Å². The quantitative estimate of drug-likeness (QED) is 0.245. The highest BCUT2D eigenvalue weighted by atomic mass is 16.6. The number of imidazole rings is 1. The van der Waals surface area contributed by atoms with E-state index in [0.29, 0.717) is 31.4 Å². The molecule has 41 heavy (non-hydrogen) atoms. The van der Waals surface area contributed by atoms with Crippen LogP contribution in [0.1, 0.15) is 44.5 Å². The standard InChI is InChI=1S/C29H36N6O6/c1-18(2)15-19-7-5-9-21-26(19)34-25(31-21)16-35-13-6-10-23(28(35)38)32-27(37)22(8-3-4-11-24(30)36)33-29(39)41-20-12-14-40-17-20/h4-7,9-11,13,18,20,22H,3,8,12,14-17H2,1-2H3,(H2,30,36)(H,31,34)(H,32,37)(H,33,39)/b11-4+/t20?,22-/m0/s1. The van der Waals surface area contributed by atoms with Gasteiger partial charge in [0.25, 0.3) is 5.56 Å². The van der Waals surface area contributed by atoms with Crippen LogP contribution in [0.15, 0.2) is 53.5 Å². The molecule has 0 bridgehead atoms. The number of allylic oxidation sites excluding steroid dienone is 1. The van der Waals surface area contributed by atoms with E-state index in [-0.39, 0.29) is 25.1 Å². The number of nitrogens with two attached hydrogens (primary N) is 1. The zero-order chi connectivity index (χ0) is 29.4. The fraction of sp³-hybridized carbons (Fsp3) is 0.414. The van der Waals surface area contributed by atoms with E-state index in [1.165, 1.54) is 22.8 Å². The van der Waals surface area contributed by atoms with Gasteiger partial charge in [0.05, 0.1) is 30.8 Å². The normalized spacial score (nSPS) is 15.8. The molecule has 1 saturated heterocycles. The Morgan fingerprint density at radius 2 is 2.10 bits per heavy atom. The Morgan fingerprint density at radius 3 is 2.83 bits per heavy atom. The Balaban J connectivity index is 1.47. The fourth-order valence-corrected chi connectivity index (χ4v) is 4.62. The number of anilines is 1. The molecule has 2 aromatic heterocycles. The van der Waals surface area contributed by atoms with Crippen molar-refractivity contribution in [3.8, 4) is 0 Å². The Labute approximate surface area is 237 Å². The number of H-pyrrole nitrogens is 1. The summed E-state index contributed by atoms with van der Waals surface area (Å²) in [6.45, 7) is 5.26. The SMILES string of the molecule is CC(C)Cc1cccc2[nH]c(Cn3cccc(NC(=O)[C@H](CC/C=C/C(N)=O)NC(=O)OC4CCOC4)c3=O)nc12. The first-order valence-electron chi connectivity index (χ1n) is 13.7. The van der Waals surface area contributed by atoms with Crippen molar-refractivity contribution in [3.63, 3.8) is 0 Å². The summed E-state index contributed by atoms with van der Waals surface area (Å²) < 4.78 is 12.0. The monoisotopic (exact) mass is 564 g/mol. The van der Waals surface area contributed by atoms with Gasteiger partial charge in [-0.3, -0.25) is 14.4 Å². The number of benzene rings is 1. The lowest BCUT2D eigenvalue weighted by Crippen LogP contribution is -2.45. The number of ether oxygens (including phenoxy) is 2. The number of aromatic nitrogens is 3. The predicted octanol–water partition coefficient (Wildman–Crippen LogP) is 2.62. The van der Waals surface area contributed by atoms with E-state index in [2.05, 4.69) is 35.5 Å². The molecule has 0 aliphatic carbocycles. The molecule has 2 atom stereocenters. The molecule has 0 spiro atoms. The van der Waals surface area contributed by atoms with Gasteiger partial charge in [-0.15, -0.1) is 0 Å². The van der Waals surface area contributed by atoms with Crippen molar-refractivity contribution in [1.29, 1.82) is 0 Å². The molecule has 0 saturated carbocycles. The van der Waals surface area contributed by atoms with Crippen molar-refractivity contribution in [1.82, 2.24) is 19.9 Å². The molecule has 1 aliphatic heterocycles. The minimum absolute atomic E-state index is 0.0474. The van der Waals surface area contributed by atoms with Crippen molar-refractivity contribution < 1.29 is 23.9 Å². The number of hydrogen-bond acceptors (Lipinski definition) is 7. The van der Waals surface area contributed by atoms with Crippen LogP contribution >= 0.6 is 0 Å². The van der Waals surface area contributed by atoms with E-state index in [0.717, 1.165) is 23.0 Å². The number of hydrogen-bond donors (Lipinski definition) is 4. The maximum Gasteiger partial charge on any atom is 0.408 e. The van der Waals surface area contributed by atoms with Gasteiger partial charge in [-0.25, -0.2) is 9.78 Å². The molecule has 5 N–H and O–H groups in total. The van der Waals surface area contributed by atoms with Crippen LogP contribution in [0.3, 0.4) is 0 Å². The molecule has 1 fully saturated rings. The Kier molecular flexibility index (Phi) is 9.91. The number of nitrogens with zero attached hydrogens (tertiary/aromatic N) is 2. The van der Waals surface area contributed by atoms with Crippen LogP contribution in [0.4, 0.5) is 10.5 Å². The van der Waals surface area contributed by atoms with E-state index in [1.54, 1.807) is 12.3 Å². The maximum absolute atomic E-state index is 13.3. The highest BCUT2D eigenvalue weighted by molar-refractivity contribution is 5.96. The number of carbonyl (C=O) groups excluding carboxylic acids is 3. The van der Waals surface area contributed by atoms with Gasteiger partial charge in [-0.1, -0.05) is 32.1 Å². The largest absolute Gasteiger partial charge is 0.444 e. The average molecular weight is 565 g/mol. The molecule has 1 unspecified atom stereocenters. The molecule has 1 aliphatic rings. The molecule has 4 rings (SSSR count). The van der Waals surface area contributed by atoms with Gasteiger partial charge in [0.2, 0.25) is 11.8 Å². The zero-order valence-corrected chi connectivity index (χ0v) is 23.2. The Morgan fingerprint density at radius 1 is 1.27 bits per heavy atom. The van der Waals surface area contributed by atoms with Crippen molar-refractivity contribution >= 4 is 34.6 Å². The van der Waals surface area contributed by atoms with Crippen LogP contribution in [-0.4, -0.2) is 57.8 Å². The number of aromatic amines is 1. The first kappa shape index (κ1) is 29.5. The molecule has 12 nitrogen and oxygen atoms in total. The molecular weight excluding hydrogens is 528 g/mol. The van der Waals surface area contributed by atoms with Crippen molar-refractivity contribution in [2.75, 3.05) is 18.5 Å². The molecule has 12 heteroatoms. The summed E-state index contributed by atoms with van der Waals surface area (Å²) in [5, 5.41) is 5.19. The maximum atomic E-state index is 13.3. The van der Waals surface area contributed by atoms with Crippen molar-refractivity contribution in [3.05, 3.63) is 70.4 Å². The van der Waals surface area contributed by atoms with Gasteiger partial charge < -0.3 is 35.4 Å². The molecule has 0 radical (unpaired) electrons. The van der Waals surface area contributed by atoms with Crippen LogP contribution in [-0.2, 0) is 32.0 Å². The summed E-state index contributed by atoms with van der Waals surface area (Å²) in [6, 6.07) is 8.09. The number of pyridine rings is 1. The third-order valence-electron chi connectivity index (χ3n) is 6.55. The molecule has 3 aromatic rings. The van der Waals surface area contributed by atoms with E-state index in [9.17, 15) is 19.2 Å². The smallest absolute Gasteiger partial charge is 0.408 e.